The minimum Gasteiger partial charge on any atom is -0.380 e. The molecule has 1 rings (SSSR count). The van der Waals surface area contributed by atoms with Crippen molar-refractivity contribution in [3.05, 3.63) is 24.5 Å². The van der Waals surface area contributed by atoms with Gasteiger partial charge in [-0.2, -0.15) is 0 Å². The number of nitrogens with two attached hydrogens (primary N) is 1. The van der Waals surface area contributed by atoms with E-state index in [9.17, 15) is 9.59 Å². The Morgan fingerprint density at radius 1 is 1.27 bits per heavy atom. The monoisotopic (exact) mass is 352 g/mol. The van der Waals surface area contributed by atoms with Crippen molar-refractivity contribution >= 4 is 42.3 Å². The van der Waals surface area contributed by atoms with Crippen LogP contribution in [0.1, 0.15) is 12.8 Å². The van der Waals surface area contributed by atoms with Gasteiger partial charge in [0.15, 0.2) is 0 Å². The highest BCUT2D eigenvalue weighted by Crippen LogP contribution is 2.03. The zero-order valence-electron chi connectivity index (χ0n) is 12.3. The lowest BCUT2D eigenvalue weighted by Crippen LogP contribution is -2.33. The third kappa shape index (κ3) is 9.51. The Bertz CT molecular complexity index is 431. The Kier molecular flexibility index (Phi) is 13.8. The minimum absolute atomic E-state index is 0. The van der Waals surface area contributed by atoms with Crippen LogP contribution in [-0.2, 0) is 14.3 Å². The fourth-order valence-corrected chi connectivity index (χ4v) is 1.52. The third-order valence-corrected chi connectivity index (χ3v) is 2.65. The molecule has 22 heavy (non-hydrogen) atoms. The summed E-state index contributed by atoms with van der Waals surface area (Å²) in [5, 5.41) is 5.35. The summed E-state index contributed by atoms with van der Waals surface area (Å²) in [6, 6.07) is 3.39. The molecule has 126 valence electrons. The fraction of sp³-hybridized carbons (Fsp3) is 0.462. The number of hydrogen-bond donors (Lipinski definition) is 3. The maximum atomic E-state index is 11.6. The third-order valence-electron chi connectivity index (χ3n) is 2.65. The van der Waals surface area contributed by atoms with Gasteiger partial charge in [-0.1, -0.05) is 0 Å². The van der Waals surface area contributed by atoms with Gasteiger partial charge in [0.1, 0.15) is 0 Å². The summed E-state index contributed by atoms with van der Waals surface area (Å²) in [5.74, 6) is -0.349. The van der Waals surface area contributed by atoms with E-state index in [2.05, 4.69) is 15.6 Å². The number of anilines is 1. The van der Waals surface area contributed by atoms with Gasteiger partial charge < -0.3 is 21.1 Å². The van der Waals surface area contributed by atoms with Crippen LogP contribution in [0.15, 0.2) is 24.5 Å². The standard InChI is InChI=1S/C13H20N4O3.2ClH/c1-20-11(9-14)8-13(19)16-7-4-12(18)17-10-2-5-15-6-3-10;;/h2-3,5-6,11H,4,7-9,14H2,1H3,(H,16,19)(H,15,17,18);2*1H. The summed E-state index contributed by atoms with van der Waals surface area (Å²) in [6.07, 6.45) is 3.29. The predicted octanol–water partition coefficient (Wildman–Crippen LogP) is 0.734. The Morgan fingerprint density at radius 3 is 2.45 bits per heavy atom. The Labute approximate surface area is 142 Å². The Balaban J connectivity index is 0. The second-order valence-corrected chi connectivity index (χ2v) is 4.18. The van der Waals surface area contributed by atoms with Crippen molar-refractivity contribution in [2.24, 2.45) is 5.73 Å². The molecular formula is C13H22Cl2N4O3. The average Bonchev–Trinajstić information content (AvgIpc) is 2.45. The highest BCUT2D eigenvalue weighted by Gasteiger charge is 2.11. The molecule has 9 heteroatoms. The molecule has 4 N–H and O–H groups in total. The summed E-state index contributed by atoms with van der Waals surface area (Å²) in [5.41, 5.74) is 6.10. The lowest BCUT2D eigenvalue weighted by Gasteiger charge is -2.12. The zero-order valence-corrected chi connectivity index (χ0v) is 13.9. The molecule has 0 aliphatic heterocycles. The normalized spacial score (nSPS) is 10.6. The SMILES string of the molecule is COC(CN)CC(=O)NCCC(=O)Nc1ccncc1.Cl.Cl. The maximum Gasteiger partial charge on any atom is 0.226 e. The van der Waals surface area contributed by atoms with Crippen molar-refractivity contribution in [2.45, 2.75) is 18.9 Å². The lowest BCUT2D eigenvalue weighted by molar-refractivity contribution is -0.123. The number of ether oxygens (including phenoxy) is 1. The van der Waals surface area contributed by atoms with E-state index in [-0.39, 0.29) is 68.7 Å². The number of pyridine rings is 1. The van der Waals surface area contributed by atoms with E-state index in [1.807, 2.05) is 0 Å². The van der Waals surface area contributed by atoms with Gasteiger partial charge in [-0.05, 0) is 12.1 Å². The van der Waals surface area contributed by atoms with Crippen molar-refractivity contribution in [1.29, 1.82) is 0 Å². The van der Waals surface area contributed by atoms with Gasteiger partial charge in [0.05, 0.1) is 12.5 Å². The quantitative estimate of drug-likeness (QED) is 0.639. The highest BCUT2D eigenvalue weighted by atomic mass is 35.5. The first-order valence-electron chi connectivity index (χ1n) is 6.35. The van der Waals surface area contributed by atoms with E-state index in [1.54, 1.807) is 24.5 Å². The van der Waals surface area contributed by atoms with E-state index in [1.165, 1.54) is 7.11 Å². The fourth-order valence-electron chi connectivity index (χ4n) is 1.52. The van der Waals surface area contributed by atoms with Gasteiger partial charge in [-0.25, -0.2) is 0 Å². The predicted molar refractivity (Wildman–Crippen MR) is 89.5 cm³/mol. The van der Waals surface area contributed by atoms with E-state index >= 15 is 0 Å². The molecule has 0 spiro atoms. The number of hydrogen-bond acceptors (Lipinski definition) is 5. The van der Waals surface area contributed by atoms with Crippen LogP contribution >= 0.6 is 24.8 Å². The number of nitrogens with zero attached hydrogens (tertiary/aromatic N) is 1. The molecule has 0 radical (unpaired) electrons. The number of nitrogens with one attached hydrogen (secondary N) is 2. The van der Waals surface area contributed by atoms with Gasteiger partial charge in [-0.15, -0.1) is 24.8 Å². The second-order valence-electron chi connectivity index (χ2n) is 4.18. The molecule has 0 fully saturated rings. The maximum absolute atomic E-state index is 11.6. The van der Waals surface area contributed by atoms with Crippen molar-refractivity contribution in [1.82, 2.24) is 10.3 Å². The highest BCUT2D eigenvalue weighted by molar-refractivity contribution is 5.91. The average molecular weight is 353 g/mol. The van der Waals surface area contributed by atoms with Gasteiger partial charge in [-0.3, -0.25) is 14.6 Å². The molecule has 1 atom stereocenters. The lowest BCUT2D eigenvalue weighted by atomic mass is 10.2. The summed E-state index contributed by atoms with van der Waals surface area (Å²) >= 11 is 0. The van der Waals surface area contributed by atoms with Crippen LogP contribution in [0.2, 0.25) is 0 Å². The van der Waals surface area contributed by atoms with Crippen LogP contribution < -0.4 is 16.4 Å². The number of rotatable bonds is 8. The number of amides is 2. The van der Waals surface area contributed by atoms with Gasteiger partial charge in [0.2, 0.25) is 11.8 Å². The number of halogens is 2. The van der Waals surface area contributed by atoms with Crippen LogP contribution in [0.3, 0.4) is 0 Å². The first-order valence-corrected chi connectivity index (χ1v) is 6.35. The van der Waals surface area contributed by atoms with Crippen molar-refractivity contribution in [3.8, 4) is 0 Å². The molecule has 0 bridgehead atoms. The van der Waals surface area contributed by atoms with Crippen LogP contribution in [0, 0.1) is 0 Å². The number of carbonyl (C=O) groups excluding carboxylic acids is 2. The van der Waals surface area contributed by atoms with E-state index in [0.29, 0.717) is 5.69 Å². The summed E-state index contributed by atoms with van der Waals surface area (Å²) in [7, 11) is 1.51. The topological polar surface area (TPSA) is 106 Å². The minimum atomic E-state index is -0.291. The van der Waals surface area contributed by atoms with Crippen molar-refractivity contribution in [2.75, 3.05) is 25.5 Å². The van der Waals surface area contributed by atoms with Crippen molar-refractivity contribution < 1.29 is 14.3 Å². The second kappa shape index (κ2) is 13.3. The van der Waals surface area contributed by atoms with Crippen LogP contribution in [0.25, 0.3) is 0 Å². The molecule has 0 aliphatic carbocycles. The first kappa shape index (κ1) is 22.9. The number of methoxy groups -OCH3 is 1. The first-order chi connectivity index (χ1) is 9.65. The van der Waals surface area contributed by atoms with E-state index in [4.69, 9.17) is 10.5 Å². The van der Waals surface area contributed by atoms with Gasteiger partial charge in [0, 0.05) is 44.7 Å². The van der Waals surface area contributed by atoms with Gasteiger partial charge >= 0.3 is 0 Å². The molecule has 0 aliphatic rings. The Hall–Kier alpha value is -1.41. The molecule has 7 nitrogen and oxygen atoms in total. The van der Waals surface area contributed by atoms with E-state index in [0.717, 1.165) is 0 Å². The van der Waals surface area contributed by atoms with E-state index < -0.39 is 0 Å². The van der Waals surface area contributed by atoms with Crippen molar-refractivity contribution in [3.63, 3.8) is 0 Å². The molecule has 2 amide bonds. The smallest absolute Gasteiger partial charge is 0.226 e. The zero-order chi connectivity index (χ0) is 14.8. The molecule has 0 saturated carbocycles. The van der Waals surface area contributed by atoms with Gasteiger partial charge in [0.25, 0.3) is 0 Å². The van der Waals surface area contributed by atoms with Crippen LogP contribution in [0.5, 0.6) is 0 Å². The molecule has 1 heterocycles. The summed E-state index contributed by atoms with van der Waals surface area (Å²) < 4.78 is 5.01. The molecule has 0 aromatic carbocycles. The molecule has 1 unspecified atom stereocenters. The number of carbonyl (C=O) groups is 2. The summed E-state index contributed by atoms with van der Waals surface area (Å²) in [6.45, 7) is 0.559. The summed E-state index contributed by atoms with van der Waals surface area (Å²) in [4.78, 5) is 27.0. The number of aromatic nitrogens is 1. The Morgan fingerprint density at radius 2 is 1.91 bits per heavy atom. The molecule has 1 aromatic heterocycles. The van der Waals surface area contributed by atoms with Crippen LogP contribution in [-0.4, -0.2) is 43.1 Å². The largest absolute Gasteiger partial charge is 0.380 e. The molecule has 0 saturated heterocycles. The van der Waals surface area contributed by atoms with Crippen LogP contribution in [0.4, 0.5) is 5.69 Å². The molecule has 1 aromatic rings. The molecular weight excluding hydrogens is 331 g/mol.